The fourth-order valence-corrected chi connectivity index (χ4v) is 2.12. The van der Waals surface area contributed by atoms with Gasteiger partial charge in [-0.05, 0) is 13.8 Å². The zero-order chi connectivity index (χ0) is 9.30. The summed E-state index contributed by atoms with van der Waals surface area (Å²) in [5.41, 5.74) is 0.792. The van der Waals surface area contributed by atoms with Gasteiger partial charge in [0.2, 0.25) is 0 Å². The quantitative estimate of drug-likeness (QED) is 0.654. The van der Waals surface area contributed by atoms with Crippen molar-refractivity contribution < 1.29 is 4.79 Å². The van der Waals surface area contributed by atoms with Crippen LogP contribution in [0.25, 0.3) is 0 Å². The largest absolute Gasteiger partial charge is 0.307 e. The van der Waals surface area contributed by atoms with Crippen molar-refractivity contribution in [2.75, 3.05) is 0 Å². The Balaban J connectivity index is 3.36. The van der Waals surface area contributed by atoms with E-state index in [4.69, 9.17) is 0 Å². The highest BCUT2D eigenvalue weighted by atomic mass is 32.1. The van der Waals surface area contributed by atoms with Crippen LogP contribution in [0.3, 0.4) is 0 Å². The van der Waals surface area contributed by atoms with E-state index < -0.39 is 0 Å². The highest BCUT2D eigenvalue weighted by Gasteiger charge is 2.12. The molecule has 0 radical (unpaired) electrons. The SMILES string of the molecule is CCn1c(C)c(C(C)=O)sc1=O. The van der Waals surface area contributed by atoms with E-state index in [2.05, 4.69) is 0 Å². The monoisotopic (exact) mass is 185 g/mol. The lowest BCUT2D eigenvalue weighted by Gasteiger charge is -1.98. The zero-order valence-corrected chi connectivity index (χ0v) is 8.20. The first kappa shape index (κ1) is 9.19. The number of hydrogen-bond acceptors (Lipinski definition) is 3. The summed E-state index contributed by atoms with van der Waals surface area (Å²) in [5, 5.41) is 0. The van der Waals surface area contributed by atoms with E-state index in [1.54, 1.807) is 11.5 Å². The first-order chi connectivity index (χ1) is 5.57. The first-order valence-corrected chi connectivity index (χ1v) is 4.60. The van der Waals surface area contributed by atoms with Gasteiger partial charge in [0.15, 0.2) is 5.78 Å². The Morgan fingerprint density at radius 3 is 2.42 bits per heavy atom. The summed E-state index contributed by atoms with van der Waals surface area (Å²) in [6.45, 7) is 5.82. The molecule has 0 N–H and O–H groups in total. The molecular weight excluding hydrogens is 174 g/mol. The summed E-state index contributed by atoms with van der Waals surface area (Å²) in [5.74, 6) is -0.0261. The van der Waals surface area contributed by atoms with Gasteiger partial charge in [0.1, 0.15) is 0 Å². The molecule has 1 aromatic rings. The van der Waals surface area contributed by atoms with Crippen LogP contribution in [0.5, 0.6) is 0 Å². The van der Waals surface area contributed by atoms with Gasteiger partial charge in [-0.1, -0.05) is 11.3 Å². The maximum Gasteiger partial charge on any atom is 0.307 e. The van der Waals surface area contributed by atoms with Crippen LogP contribution in [0.4, 0.5) is 0 Å². The van der Waals surface area contributed by atoms with Crippen molar-refractivity contribution >= 4 is 17.1 Å². The van der Waals surface area contributed by atoms with Gasteiger partial charge >= 0.3 is 4.87 Å². The van der Waals surface area contributed by atoms with Crippen molar-refractivity contribution in [1.82, 2.24) is 4.57 Å². The molecular formula is C8H11NO2S. The lowest BCUT2D eigenvalue weighted by Crippen LogP contribution is -2.12. The molecule has 0 aliphatic carbocycles. The van der Waals surface area contributed by atoms with E-state index in [0.717, 1.165) is 17.0 Å². The van der Waals surface area contributed by atoms with Gasteiger partial charge in [0, 0.05) is 19.2 Å². The molecule has 0 aliphatic rings. The predicted molar refractivity (Wildman–Crippen MR) is 49.0 cm³/mol. The third-order valence-electron chi connectivity index (χ3n) is 1.78. The fraction of sp³-hybridized carbons (Fsp3) is 0.500. The number of Topliss-reactive ketones (excluding diaryl/α,β-unsaturated/α-hetero) is 1. The van der Waals surface area contributed by atoms with Gasteiger partial charge in [0.05, 0.1) is 4.88 Å². The Morgan fingerprint density at radius 2 is 2.17 bits per heavy atom. The second kappa shape index (κ2) is 3.23. The van der Waals surface area contributed by atoms with E-state index in [9.17, 15) is 9.59 Å². The van der Waals surface area contributed by atoms with Gasteiger partial charge in [0.25, 0.3) is 0 Å². The minimum atomic E-state index is -0.0415. The van der Waals surface area contributed by atoms with Crippen molar-refractivity contribution in [2.45, 2.75) is 27.3 Å². The van der Waals surface area contributed by atoms with E-state index in [-0.39, 0.29) is 10.7 Å². The van der Waals surface area contributed by atoms with Crippen LogP contribution in [0, 0.1) is 6.92 Å². The van der Waals surface area contributed by atoms with Crippen LogP contribution in [0.2, 0.25) is 0 Å². The third kappa shape index (κ3) is 1.34. The number of carbonyl (C=O) groups is 1. The van der Waals surface area contributed by atoms with Crippen LogP contribution in [0.1, 0.15) is 29.2 Å². The molecule has 0 spiro atoms. The first-order valence-electron chi connectivity index (χ1n) is 3.79. The molecule has 12 heavy (non-hydrogen) atoms. The minimum Gasteiger partial charge on any atom is -0.303 e. The average Bonchev–Trinajstić information content (AvgIpc) is 2.27. The molecule has 66 valence electrons. The molecule has 0 unspecified atom stereocenters. The topological polar surface area (TPSA) is 39.1 Å². The Labute approximate surface area is 74.6 Å². The standard InChI is InChI=1S/C8H11NO2S/c1-4-9-5(2)7(6(3)10)12-8(9)11/h4H2,1-3H3. The maximum atomic E-state index is 11.2. The van der Waals surface area contributed by atoms with E-state index in [1.165, 1.54) is 6.92 Å². The molecule has 0 amide bonds. The van der Waals surface area contributed by atoms with Crippen molar-refractivity contribution in [3.05, 3.63) is 20.2 Å². The summed E-state index contributed by atoms with van der Waals surface area (Å²) in [7, 11) is 0. The Hall–Kier alpha value is -0.900. The van der Waals surface area contributed by atoms with E-state index >= 15 is 0 Å². The van der Waals surface area contributed by atoms with Gasteiger partial charge < -0.3 is 4.57 Å². The summed E-state index contributed by atoms with van der Waals surface area (Å²) in [6, 6.07) is 0. The second-order valence-corrected chi connectivity index (χ2v) is 3.54. The molecule has 0 saturated heterocycles. The Bertz CT molecular complexity index is 362. The molecule has 0 atom stereocenters. The summed E-state index contributed by atoms with van der Waals surface area (Å²) < 4.78 is 1.61. The molecule has 1 heterocycles. The van der Waals surface area contributed by atoms with Crippen LogP contribution in [-0.4, -0.2) is 10.4 Å². The van der Waals surface area contributed by atoms with E-state index in [0.29, 0.717) is 11.4 Å². The van der Waals surface area contributed by atoms with Crippen LogP contribution in [0.15, 0.2) is 4.79 Å². The lowest BCUT2D eigenvalue weighted by atomic mass is 10.3. The molecule has 0 aliphatic heterocycles. The smallest absolute Gasteiger partial charge is 0.303 e. The van der Waals surface area contributed by atoms with Crippen LogP contribution >= 0.6 is 11.3 Å². The van der Waals surface area contributed by atoms with Crippen molar-refractivity contribution in [2.24, 2.45) is 0 Å². The molecule has 1 aromatic heterocycles. The van der Waals surface area contributed by atoms with Crippen LogP contribution < -0.4 is 4.87 Å². The molecule has 3 nitrogen and oxygen atoms in total. The summed E-state index contributed by atoms with van der Waals surface area (Å²) in [6.07, 6.45) is 0. The number of hydrogen-bond donors (Lipinski definition) is 0. The molecule has 0 saturated carbocycles. The zero-order valence-electron chi connectivity index (χ0n) is 7.38. The van der Waals surface area contributed by atoms with Crippen LogP contribution in [-0.2, 0) is 6.54 Å². The van der Waals surface area contributed by atoms with Gasteiger partial charge in [-0.25, -0.2) is 0 Å². The minimum absolute atomic E-state index is 0.0261. The fourth-order valence-electron chi connectivity index (χ4n) is 1.17. The highest BCUT2D eigenvalue weighted by molar-refractivity contribution is 7.11. The number of aromatic nitrogens is 1. The average molecular weight is 185 g/mol. The van der Waals surface area contributed by atoms with Crippen molar-refractivity contribution in [3.8, 4) is 0 Å². The number of ketones is 1. The van der Waals surface area contributed by atoms with Crippen molar-refractivity contribution in [3.63, 3.8) is 0 Å². The Morgan fingerprint density at radius 1 is 1.58 bits per heavy atom. The molecule has 4 heteroatoms. The molecule has 0 fully saturated rings. The normalized spacial score (nSPS) is 10.2. The van der Waals surface area contributed by atoms with Crippen molar-refractivity contribution in [1.29, 1.82) is 0 Å². The van der Waals surface area contributed by atoms with Gasteiger partial charge in [-0.3, -0.25) is 9.59 Å². The second-order valence-electron chi connectivity index (χ2n) is 2.58. The molecule has 0 aromatic carbocycles. The predicted octanol–water partition coefficient (Wildman–Crippen LogP) is 1.44. The molecule has 0 bridgehead atoms. The van der Waals surface area contributed by atoms with Gasteiger partial charge in [-0.2, -0.15) is 0 Å². The lowest BCUT2D eigenvalue weighted by molar-refractivity contribution is 0.102. The van der Waals surface area contributed by atoms with Gasteiger partial charge in [-0.15, -0.1) is 0 Å². The Kier molecular flexibility index (Phi) is 2.47. The number of rotatable bonds is 2. The number of thiazole rings is 1. The highest BCUT2D eigenvalue weighted by Crippen LogP contribution is 2.11. The summed E-state index contributed by atoms with van der Waals surface area (Å²) >= 11 is 1.03. The van der Waals surface area contributed by atoms with E-state index in [1.807, 2.05) is 6.92 Å². The maximum absolute atomic E-state index is 11.2. The summed E-state index contributed by atoms with van der Waals surface area (Å²) in [4.78, 5) is 22.8. The number of nitrogens with zero attached hydrogens (tertiary/aromatic N) is 1. The number of carbonyl (C=O) groups excluding carboxylic acids is 1. The third-order valence-corrected chi connectivity index (χ3v) is 2.96. The molecule has 1 rings (SSSR count).